The van der Waals surface area contributed by atoms with E-state index in [1.54, 1.807) is 0 Å². The van der Waals surface area contributed by atoms with Gasteiger partial charge in [0.1, 0.15) is 0 Å². The highest BCUT2D eigenvalue weighted by Crippen LogP contribution is 2.41. The Balaban J connectivity index is 2.48. The molecule has 15 heavy (non-hydrogen) atoms. The molecular formula is C12H17ClN2. The van der Waals surface area contributed by atoms with Crippen LogP contribution in [0.5, 0.6) is 0 Å². The van der Waals surface area contributed by atoms with Crippen molar-refractivity contribution >= 4 is 17.3 Å². The molecule has 1 aromatic carbocycles. The summed E-state index contributed by atoms with van der Waals surface area (Å²) < 4.78 is 0. The fourth-order valence-corrected chi connectivity index (χ4v) is 2.55. The van der Waals surface area contributed by atoms with E-state index in [-0.39, 0.29) is 0 Å². The summed E-state index contributed by atoms with van der Waals surface area (Å²) in [6.45, 7) is 6.06. The van der Waals surface area contributed by atoms with E-state index in [2.05, 4.69) is 24.8 Å². The van der Waals surface area contributed by atoms with Crippen LogP contribution < -0.4 is 10.6 Å². The molecule has 0 radical (unpaired) electrons. The number of para-hydroxylation sites is 1. The second-order valence-corrected chi connectivity index (χ2v) is 4.76. The number of nitrogens with two attached hydrogens (primary N) is 1. The third-order valence-corrected chi connectivity index (χ3v) is 3.37. The number of anilines is 1. The summed E-state index contributed by atoms with van der Waals surface area (Å²) in [5, 5.41) is 0.845. The van der Waals surface area contributed by atoms with E-state index in [1.165, 1.54) is 11.3 Å². The zero-order valence-corrected chi connectivity index (χ0v) is 9.96. The number of nitrogens with zero attached hydrogens (tertiary/aromatic N) is 1. The first kappa shape index (κ1) is 10.8. The van der Waals surface area contributed by atoms with Crippen LogP contribution in [0.1, 0.15) is 25.3 Å². The number of hydrogen-bond acceptors (Lipinski definition) is 2. The lowest BCUT2D eigenvalue weighted by Crippen LogP contribution is -2.30. The van der Waals surface area contributed by atoms with Crippen molar-refractivity contribution in [3.05, 3.63) is 28.8 Å². The van der Waals surface area contributed by atoms with Crippen LogP contribution in [0.4, 0.5) is 5.69 Å². The standard InChI is InChI=1S/C12H17ClN2/c1-8(2)15-7-9(6-14)10-4-3-5-11(13)12(10)15/h3-5,8-9H,6-7,14H2,1-2H3. The summed E-state index contributed by atoms with van der Waals surface area (Å²) >= 11 is 6.25. The molecule has 2 nitrogen and oxygen atoms in total. The Morgan fingerprint density at radius 3 is 2.87 bits per heavy atom. The zero-order valence-electron chi connectivity index (χ0n) is 9.20. The number of hydrogen-bond donors (Lipinski definition) is 1. The average Bonchev–Trinajstić information content (AvgIpc) is 2.58. The molecule has 0 fully saturated rings. The lowest BCUT2D eigenvalue weighted by Gasteiger charge is -2.25. The Morgan fingerprint density at radius 2 is 2.27 bits per heavy atom. The van der Waals surface area contributed by atoms with Crippen molar-refractivity contribution in [1.82, 2.24) is 0 Å². The molecule has 0 saturated heterocycles. The summed E-state index contributed by atoms with van der Waals surface area (Å²) in [7, 11) is 0. The first-order chi connectivity index (χ1) is 7.15. The summed E-state index contributed by atoms with van der Waals surface area (Å²) in [6.07, 6.45) is 0. The van der Waals surface area contributed by atoms with E-state index >= 15 is 0 Å². The fourth-order valence-electron chi connectivity index (χ4n) is 2.26. The Kier molecular flexibility index (Phi) is 2.89. The van der Waals surface area contributed by atoms with Gasteiger partial charge in [-0.25, -0.2) is 0 Å². The van der Waals surface area contributed by atoms with Gasteiger partial charge in [-0.05, 0) is 25.5 Å². The first-order valence-corrected chi connectivity index (χ1v) is 5.78. The van der Waals surface area contributed by atoms with Gasteiger partial charge in [-0.15, -0.1) is 0 Å². The Morgan fingerprint density at radius 1 is 1.53 bits per heavy atom. The van der Waals surface area contributed by atoms with Crippen molar-refractivity contribution in [2.24, 2.45) is 5.73 Å². The first-order valence-electron chi connectivity index (χ1n) is 5.40. The van der Waals surface area contributed by atoms with Gasteiger partial charge in [0.2, 0.25) is 0 Å². The minimum Gasteiger partial charge on any atom is -0.367 e. The lowest BCUT2D eigenvalue weighted by atomic mass is 10.0. The summed E-state index contributed by atoms with van der Waals surface area (Å²) in [5.74, 6) is 0.432. The molecule has 0 spiro atoms. The van der Waals surface area contributed by atoms with Crippen LogP contribution in [0.25, 0.3) is 0 Å². The van der Waals surface area contributed by atoms with Gasteiger partial charge >= 0.3 is 0 Å². The molecule has 1 aliphatic heterocycles. The van der Waals surface area contributed by atoms with Crippen molar-refractivity contribution in [3.8, 4) is 0 Å². The monoisotopic (exact) mass is 224 g/mol. The van der Waals surface area contributed by atoms with Gasteiger partial charge in [-0.1, -0.05) is 23.7 Å². The Hall–Kier alpha value is -0.730. The Labute approximate surface area is 96.0 Å². The van der Waals surface area contributed by atoms with Crippen LogP contribution in [-0.4, -0.2) is 19.1 Å². The maximum absolute atomic E-state index is 6.25. The molecule has 3 heteroatoms. The second-order valence-electron chi connectivity index (χ2n) is 4.36. The van der Waals surface area contributed by atoms with Gasteiger partial charge in [0.15, 0.2) is 0 Å². The van der Waals surface area contributed by atoms with Gasteiger partial charge in [-0.3, -0.25) is 0 Å². The molecule has 82 valence electrons. The highest BCUT2D eigenvalue weighted by molar-refractivity contribution is 6.33. The van der Waals surface area contributed by atoms with E-state index < -0.39 is 0 Å². The molecule has 1 aromatic rings. The number of benzene rings is 1. The molecule has 1 atom stereocenters. The average molecular weight is 225 g/mol. The lowest BCUT2D eigenvalue weighted by molar-refractivity contribution is 0.647. The van der Waals surface area contributed by atoms with E-state index in [9.17, 15) is 0 Å². The summed E-state index contributed by atoms with van der Waals surface area (Å²) in [5.41, 5.74) is 8.28. The van der Waals surface area contributed by atoms with Gasteiger partial charge < -0.3 is 10.6 Å². The SMILES string of the molecule is CC(C)N1CC(CN)c2cccc(Cl)c21. The Bertz CT molecular complexity index is 363. The molecular weight excluding hydrogens is 208 g/mol. The molecule has 0 bridgehead atoms. The van der Waals surface area contributed by atoms with Crippen molar-refractivity contribution < 1.29 is 0 Å². The molecule has 1 aliphatic rings. The second kappa shape index (κ2) is 4.03. The molecule has 1 heterocycles. The third-order valence-electron chi connectivity index (χ3n) is 3.07. The predicted molar refractivity (Wildman–Crippen MR) is 65.7 cm³/mol. The van der Waals surface area contributed by atoms with Gasteiger partial charge in [0, 0.05) is 25.0 Å². The molecule has 0 amide bonds. The number of rotatable bonds is 2. The maximum atomic E-state index is 6.25. The molecule has 0 aliphatic carbocycles. The van der Waals surface area contributed by atoms with Crippen LogP contribution in [0.15, 0.2) is 18.2 Å². The maximum Gasteiger partial charge on any atom is 0.0642 e. The summed E-state index contributed by atoms with van der Waals surface area (Å²) in [4.78, 5) is 2.34. The molecule has 0 aromatic heterocycles. The van der Waals surface area contributed by atoms with Crippen LogP contribution in [0.3, 0.4) is 0 Å². The molecule has 2 N–H and O–H groups in total. The van der Waals surface area contributed by atoms with Gasteiger partial charge in [0.05, 0.1) is 10.7 Å². The van der Waals surface area contributed by atoms with Crippen LogP contribution >= 0.6 is 11.6 Å². The highest BCUT2D eigenvalue weighted by atomic mass is 35.5. The van der Waals surface area contributed by atoms with Crippen molar-refractivity contribution in [3.63, 3.8) is 0 Å². The van der Waals surface area contributed by atoms with E-state index in [0.717, 1.165) is 11.6 Å². The fraction of sp³-hybridized carbons (Fsp3) is 0.500. The topological polar surface area (TPSA) is 29.3 Å². The minimum absolute atomic E-state index is 0.432. The van der Waals surface area contributed by atoms with Crippen LogP contribution in [0.2, 0.25) is 5.02 Å². The predicted octanol–water partition coefficient (Wildman–Crippen LogP) is 2.61. The quantitative estimate of drug-likeness (QED) is 0.837. The van der Waals surface area contributed by atoms with Crippen LogP contribution in [-0.2, 0) is 0 Å². The van der Waals surface area contributed by atoms with E-state index in [0.29, 0.717) is 18.5 Å². The normalized spacial score (nSPS) is 19.8. The number of halogens is 1. The van der Waals surface area contributed by atoms with E-state index in [1.807, 2.05) is 12.1 Å². The van der Waals surface area contributed by atoms with Crippen molar-refractivity contribution in [1.29, 1.82) is 0 Å². The van der Waals surface area contributed by atoms with Gasteiger partial charge in [-0.2, -0.15) is 0 Å². The molecule has 1 unspecified atom stereocenters. The summed E-state index contributed by atoms with van der Waals surface area (Å²) in [6, 6.07) is 6.57. The zero-order chi connectivity index (χ0) is 11.0. The largest absolute Gasteiger partial charge is 0.367 e. The van der Waals surface area contributed by atoms with Crippen molar-refractivity contribution in [2.45, 2.75) is 25.8 Å². The molecule has 2 rings (SSSR count). The molecule has 0 saturated carbocycles. The third kappa shape index (κ3) is 1.72. The van der Waals surface area contributed by atoms with E-state index in [4.69, 9.17) is 17.3 Å². The number of fused-ring (bicyclic) bond motifs is 1. The smallest absolute Gasteiger partial charge is 0.0642 e. The van der Waals surface area contributed by atoms with Crippen LogP contribution in [0, 0.1) is 0 Å². The van der Waals surface area contributed by atoms with Crippen molar-refractivity contribution in [2.75, 3.05) is 18.0 Å². The minimum atomic E-state index is 0.432. The highest BCUT2D eigenvalue weighted by Gasteiger charge is 2.30. The van der Waals surface area contributed by atoms with Gasteiger partial charge in [0.25, 0.3) is 0 Å².